The first-order chi connectivity index (χ1) is 15.4. The van der Waals surface area contributed by atoms with Crippen molar-refractivity contribution in [1.82, 2.24) is 9.55 Å². The van der Waals surface area contributed by atoms with Crippen molar-refractivity contribution in [3.05, 3.63) is 94.3 Å². The van der Waals surface area contributed by atoms with Crippen molar-refractivity contribution in [2.24, 2.45) is 0 Å². The van der Waals surface area contributed by atoms with E-state index in [1.807, 2.05) is 0 Å². The third-order valence-electron chi connectivity index (χ3n) is 4.91. The smallest absolute Gasteiger partial charge is 0.266 e. The number of nitrogens with zero attached hydrogens (tertiary/aromatic N) is 2. The average Bonchev–Trinajstić information content (AvgIpc) is 2.80. The van der Waals surface area contributed by atoms with E-state index in [1.165, 1.54) is 17.7 Å². The topological polar surface area (TPSA) is 61.2 Å². The molecule has 1 unspecified atom stereocenters. The lowest BCUT2D eigenvalue weighted by Crippen LogP contribution is -2.24. The van der Waals surface area contributed by atoms with Gasteiger partial charge in [0.1, 0.15) is 5.75 Å². The van der Waals surface area contributed by atoms with E-state index in [-0.39, 0.29) is 11.1 Å². The number of ketones is 1. The van der Waals surface area contributed by atoms with Crippen molar-refractivity contribution in [3.63, 3.8) is 0 Å². The number of methoxy groups -OCH3 is 1. The van der Waals surface area contributed by atoms with Crippen LogP contribution >= 0.6 is 11.8 Å². The van der Waals surface area contributed by atoms with Gasteiger partial charge in [0.2, 0.25) is 0 Å². The number of fused-ring (bicyclic) bond motifs is 1. The largest absolute Gasteiger partial charge is 0.497 e. The maximum Gasteiger partial charge on any atom is 0.266 e. The predicted octanol–water partition coefficient (Wildman–Crippen LogP) is 5.04. The van der Waals surface area contributed by atoms with Gasteiger partial charge in [-0.2, -0.15) is 0 Å². The number of Topliss-reactive ketones (excluding diaryl/α,β-unsaturated/α-hetero) is 1. The van der Waals surface area contributed by atoms with Gasteiger partial charge in [-0.05, 0) is 49.4 Å². The Morgan fingerprint density at radius 1 is 1.03 bits per heavy atom. The number of carbonyl (C=O) groups excluding carboxylic acids is 1. The number of para-hydroxylation sites is 1. The standard InChI is InChI=1S/C24H18F2N2O3S/c1-14(22(29)15-10-11-19(25)20(26)12-15)32-24-27-21-9-4-3-8-18(21)23(30)28(24)16-6-5-7-17(13-16)31-2/h3-14H,1-2H3. The summed E-state index contributed by atoms with van der Waals surface area (Å²) in [5.41, 5.74) is 0.771. The van der Waals surface area contributed by atoms with E-state index >= 15 is 0 Å². The van der Waals surface area contributed by atoms with E-state index in [9.17, 15) is 18.4 Å². The molecule has 1 atom stereocenters. The minimum atomic E-state index is -1.09. The molecule has 0 aliphatic rings. The van der Waals surface area contributed by atoms with E-state index in [0.717, 1.165) is 23.9 Å². The number of thioether (sulfide) groups is 1. The SMILES string of the molecule is COc1cccc(-n2c(SC(C)C(=O)c3ccc(F)c(F)c3)nc3ccccc3c2=O)c1. The molecule has 1 heterocycles. The van der Waals surface area contributed by atoms with Crippen LogP contribution in [0.5, 0.6) is 5.75 Å². The number of benzene rings is 3. The zero-order valence-electron chi connectivity index (χ0n) is 17.2. The summed E-state index contributed by atoms with van der Waals surface area (Å²) in [6.07, 6.45) is 0. The number of carbonyl (C=O) groups is 1. The summed E-state index contributed by atoms with van der Waals surface area (Å²) >= 11 is 1.07. The molecule has 3 aromatic carbocycles. The van der Waals surface area contributed by atoms with E-state index in [4.69, 9.17) is 4.74 Å². The molecule has 1 aromatic heterocycles. The summed E-state index contributed by atoms with van der Waals surface area (Å²) in [6.45, 7) is 1.63. The molecule has 4 rings (SSSR count). The van der Waals surface area contributed by atoms with Gasteiger partial charge in [0.05, 0.1) is 29.0 Å². The second-order valence-corrected chi connectivity index (χ2v) is 8.31. The van der Waals surface area contributed by atoms with Crippen LogP contribution in [-0.2, 0) is 0 Å². The second kappa shape index (κ2) is 8.92. The van der Waals surface area contributed by atoms with Crippen LogP contribution in [0.3, 0.4) is 0 Å². The molecule has 4 aromatic rings. The van der Waals surface area contributed by atoms with Crippen LogP contribution < -0.4 is 10.3 Å². The zero-order valence-corrected chi connectivity index (χ0v) is 18.0. The maximum absolute atomic E-state index is 13.6. The highest BCUT2D eigenvalue weighted by Crippen LogP contribution is 2.28. The van der Waals surface area contributed by atoms with Gasteiger partial charge in [-0.25, -0.2) is 13.8 Å². The summed E-state index contributed by atoms with van der Waals surface area (Å²) < 4.78 is 33.6. The second-order valence-electron chi connectivity index (χ2n) is 7.01. The lowest BCUT2D eigenvalue weighted by atomic mass is 10.1. The Labute approximate surface area is 186 Å². The monoisotopic (exact) mass is 452 g/mol. The van der Waals surface area contributed by atoms with Crippen molar-refractivity contribution < 1.29 is 18.3 Å². The molecule has 5 nitrogen and oxygen atoms in total. The van der Waals surface area contributed by atoms with Gasteiger partial charge in [0, 0.05) is 11.6 Å². The molecule has 0 bridgehead atoms. The van der Waals surface area contributed by atoms with E-state index in [1.54, 1.807) is 55.5 Å². The third kappa shape index (κ3) is 4.13. The summed E-state index contributed by atoms with van der Waals surface area (Å²) in [6, 6.07) is 16.9. The fraction of sp³-hybridized carbons (Fsp3) is 0.125. The lowest BCUT2D eigenvalue weighted by molar-refractivity contribution is 0.0993. The summed E-state index contributed by atoms with van der Waals surface area (Å²) in [7, 11) is 1.53. The summed E-state index contributed by atoms with van der Waals surface area (Å²) in [5.74, 6) is -1.96. The van der Waals surface area contributed by atoms with Gasteiger partial charge in [-0.3, -0.25) is 14.2 Å². The summed E-state index contributed by atoms with van der Waals surface area (Å²) in [5, 5.41) is 0.00873. The molecule has 0 saturated carbocycles. The Kier molecular flexibility index (Phi) is 6.05. The number of halogens is 2. The molecular weight excluding hydrogens is 434 g/mol. The van der Waals surface area contributed by atoms with Crippen LogP contribution in [-0.4, -0.2) is 27.7 Å². The van der Waals surface area contributed by atoms with E-state index in [2.05, 4.69) is 4.98 Å². The molecule has 0 N–H and O–H groups in total. The zero-order chi connectivity index (χ0) is 22.8. The molecule has 0 fully saturated rings. The van der Waals surface area contributed by atoms with Crippen molar-refractivity contribution >= 4 is 28.4 Å². The molecule has 0 radical (unpaired) electrons. The first-order valence-corrected chi connectivity index (χ1v) is 10.6. The number of hydrogen-bond acceptors (Lipinski definition) is 5. The molecule has 0 amide bonds. The van der Waals surface area contributed by atoms with Gasteiger partial charge in [0.15, 0.2) is 22.6 Å². The van der Waals surface area contributed by atoms with Crippen LogP contribution in [0.2, 0.25) is 0 Å². The molecule has 0 spiro atoms. The van der Waals surface area contributed by atoms with Crippen molar-refractivity contribution in [1.29, 1.82) is 0 Å². The maximum atomic E-state index is 13.6. The van der Waals surface area contributed by atoms with Crippen LogP contribution in [0, 0.1) is 11.6 Å². The Morgan fingerprint density at radius 3 is 2.56 bits per heavy atom. The first-order valence-electron chi connectivity index (χ1n) is 9.71. The van der Waals surface area contributed by atoms with Crippen LogP contribution in [0.4, 0.5) is 8.78 Å². The van der Waals surface area contributed by atoms with Crippen molar-refractivity contribution in [2.75, 3.05) is 7.11 Å². The highest BCUT2D eigenvalue weighted by molar-refractivity contribution is 8.00. The average molecular weight is 452 g/mol. The van der Waals surface area contributed by atoms with Crippen molar-refractivity contribution in [2.45, 2.75) is 17.3 Å². The number of hydrogen-bond donors (Lipinski definition) is 0. The quantitative estimate of drug-likeness (QED) is 0.233. The Bertz CT molecular complexity index is 1390. The number of rotatable bonds is 6. The predicted molar refractivity (Wildman–Crippen MR) is 120 cm³/mol. The highest BCUT2D eigenvalue weighted by Gasteiger charge is 2.22. The molecule has 8 heteroatoms. The number of ether oxygens (including phenoxy) is 1. The van der Waals surface area contributed by atoms with Gasteiger partial charge in [0.25, 0.3) is 5.56 Å². The first kappa shape index (κ1) is 21.7. The van der Waals surface area contributed by atoms with Gasteiger partial charge < -0.3 is 4.74 Å². The number of aromatic nitrogens is 2. The molecular formula is C24H18F2N2O3S. The lowest BCUT2D eigenvalue weighted by Gasteiger charge is -2.16. The fourth-order valence-corrected chi connectivity index (χ4v) is 4.27. The van der Waals surface area contributed by atoms with Gasteiger partial charge in [-0.15, -0.1) is 0 Å². The normalized spacial score (nSPS) is 12.0. The Hall–Kier alpha value is -3.52. The highest BCUT2D eigenvalue weighted by atomic mass is 32.2. The summed E-state index contributed by atoms with van der Waals surface area (Å²) in [4.78, 5) is 30.8. The van der Waals surface area contributed by atoms with Crippen LogP contribution in [0.15, 0.2) is 76.7 Å². The van der Waals surface area contributed by atoms with Gasteiger partial charge >= 0.3 is 0 Å². The Morgan fingerprint density at radius 2 is 1.81 bits per heavy atom. The molecule has 0 aliphatic carbocycles. The van der Waals surface area contributed by atoms with Crippen LogP contribution in [0.25, 0.3) is 16.6 Å². The minimum absolute atomic E-state index is 0.0416. The van der Waals surface area contributed by atoms with Crippen molar-refractivity contribution in [3.8, 4) is 11.4 Å². The van der Waals surface area contributed by atoms with E-state index < -0.39 is 22.7 Å². The fourth-order valence-electron chi connectivity index (χ4n) is 3.26. The minimum Gasteiger partial charge on any atom is -0.497 e. The molecule has 0 aliphatic heterocycles. The van der Waals surface area contributed by atoms with E-state index in [0.29, 0.717) is 27.5 Å². The molecule has 0 saturated heterocycles. The van der Waals surface area contributed by atoms with Crippen LogP contribution in [0.1, 0.15) is 17.3 Å². The molecule has 162 valence electrons. The molecule has 32 heavy (non-hydrogen) atoms. The third-order valence-corrected chi connectivity index (χ3v) is 5.96. The Balaban J connectivity index is 1.81. The van der Waals surface area contributed by atoms with Gasteiger partial charge in [-0.1, -0.05) is 30.0 Å².